The van der Waals surface area contributed by atoms with Gasteiger partial charge in [0, 0.05) is 31.7 Å². The van der Waals surface area contributed by atoms with Crippen LogP contribution >= 0.6 is 0 Å². The van der Waals surface area contributed by atoms with Crippen LogP contribution in [0.3, 0.4) is 0 Å². The molecule has 6 heteroatoms. The lowest BCUT2D eigenvalue weighted by Crippen LogP contribution is -2.13. The van der Waals surface area contributed by atoms with Gasteiger partial charge in [-0.25, -0.2) is 9.97 Å². The van der Waals surface area contributed by atoms with E-state index in [4.69, 9.17) is 9.84 Å². The van der Waals surface area contributed by atoms with Gasteiger partial charge >= 0.3 is 0 Å². The zero-order valence-corrected chi connectivity index (χ0v) is 13.4. The quantitative estimate of drug-likeness (QED) is 0.542. The Morgan fingerprint density at radius 3 is 2.29 bits per heavy atom. The number of ether oxygens (including phenoxy) is 1. The van der Waals surface area contributed by atoms with Crippen LogP contribution in [0.2, 0.25) is 0 Å². The van der Waals surface area contributed by atoms with Crippen LogP contribution in [0, 0.1) is 6.92 Å². The molecule has 0 aliphatic rings. The van der Waals surface area contributed by atoms with Crippen LogP contribution in [0.5, 0.6) is 0 Å². The molecule has 0 saturated carbocycles. The molecule has 1 aromatic rings. The molecule has 6 nitrogen and oxygen atoms in total. The lowest BCUT2D eigenvalue weighted by Gasteiger charge is -2.14. The van der Waals surface area contributed by atoms with Gasteiger partial charge in [-0.3, -0.25) is 0 Å². The molecule has 0 aromatic carbocycles. The van der Waals surface area contributed by atoms with Crippen LogP contribution in [0.1, 0.15) is 38.1 Å². The molecule has 21 heavy (non-hydrogen) atoms. The summed E-state index contributed by atoms with van der Waals surface area (Å²) in [6, 6.07) is 0. The van der Waals surface area contributed by atoms with E-state index in [1.807, 2.05) is 6.92 Å². The van der Waals surface area contributed by atoms with Gasteiger partial charge in [0.05, 0.1) is 13.2 Å². The largest absolute Gasteiger partial charge is 0.394 e. The van der Waals surface area contributed by atoms with Crippen molar-refractivity contribution in [1.82, 2.24) is 9.97 Å². The number of hydrogen-bond acceptors (Lipinski definition) is 6. The monoisotopic (exact) mass is 296 g/mol. The fraction of sp³-hybridized carbons (Fsp3) is 0.733. The number of aliphatic hydroxyl groups excluding tert-OH is 1. The van der Waals surface area contributed by atoms with Crippen molar-refractivity contribution in [2.75, 3.05) is 43.5 Å². The van der Waals surface area contributed by atoms with Crippen LogP contribution in [0.15, 0.2) is 0 Å². The number of aromatic nitrogens is 2. The number of anilines is 2. The minimum absolute atomic E-state index is 0.0742. The zero-order chi connectivity index (χ0) is 15.5. The van der Waals surface area contributed by atoms with E-state index in [9.17, 15) is 0 Å². The molecule has 3 N–H and O–H groups in total. The molecule has 0 aliphatic carbocycles. The second-order valence-corrected chi connectivity index (χ2v) is 4.86. The summed E-state index contributed by atoms with van der Waals surface area (Å²) in [7, 11) is 0. The Morgan fingerprint density at radius 2 is 1.71 bits per heavy atom. The summed E-state index contributed by atoms with van der Waals surface area (Å²) in [6.07, 6.45) is 2.76. The van der Waals surface area contributed by atoms with Gasteiger partial charge in [0.1, 0.15) is 17.5 Å². The van der Waals surface area contributed by atoms with E-state index in [0.717, 1.165) is 55.4 Å². The molecular weight excluding hydrogens is 268 g/mol. The highest BCUT2D eigenvalue weighted by Gasteiger charge is 2.09. The van der Waals surface area contributed by atoms with E-state index in [1.165, 1.54) is 0 Å². The molecule has 0 unspecified atom stereocenters. The Bertz CT molecular complexity index is 413. The number of nitrogens with one attached hydrogen (secondary N) is 2. The fourth-order valence-electron chi connectivity index (χ4n) is 1.86. The minimum Gasteiger partial charge on any atom is -0.394 e. The number of rotatable bonds is 11. The van der Waals surface area contributed by atoms with Gasteiger partial charge in [0.2, 0.25) is 0 Å². The SMILES string of the molecule is CCCNc1nc(CC)nc(NCCCOCCO)c1C. The van der Waals surface area contributed by atoms with Crippen molar-refractivity contribution in [3.8, 4) is 0 Å². The molecule has 0 saturated heterocycles. The highest BCUT2D eigenvalue weighted by molar-refractivity contribution is 5.57. The lowest BCUT2D eigenvalue weighted by molar-refractivity contribution is 0.0922. The van der Waals surface area contributed by atoms with Crippen molar-refractivity contribution in [3.05, 3.63) is 11.4 Å². The minimum atomic E-state index is 0.0742. The summed E-state index contributed by atoms with van der Waals surface area (Å²) in [6.45, 7) is 9.04. The summed E-state index contributed by atoms with van der Waals surface area (Å²) >= 11 is 0. The van der Waals surface area contributed by atoms with E-state index < -0.39 is 0 Å². The maximum absolute atomic E-state index is 8.63. The fourth-order valence-corrected chi connectivity index (χ4v) is 1.86. The third kappa shape index (κ3) is 6.27. The second kappa shape index (κ2) is 10.3. The van der Waals surface area contributed by atoms with Gasteiger partial charge in [0.15, 0.2) is 0 Å². The highest BCUT2D eigenvalue weighted by Crippen LogP contribution is 2.20. The van der Waals surface area contributed by atoms with E-state index in [1.54, 1.807) is 0 Å². The van der Waals surface area contributed by atoms with Crippen LogP contribution in [-0.4, -0.2) is 48.0 Å². The Hall–Kier alpha value is -1.40. The number of aryl methyl sites for hydroxylation is 1. The van der Waals surface area contributed by atoms with Crippen LogP contribution in [0.4, 0.5) is 11.6 Å². The molecule has 0 amide bonds. The molecule has 1 heterocycles. The second-order valence-electron chi connectivity index (χ2n) is 4.86. The standard InChI is InChI=1S/C15H28N4O2/c1-4-7-16-14-12(3)15(19-13(5-2)18-14)17-8-6-10-21-11-9-20/h20H,4-11H2,1-3H3,(H2,16,17,18,19). The van der Waals surface area contributed by atoms with E-state index in [2.05, 4.69) is 34.4 Å². The molecule has 1 rings (SSSR count). The summed E-state index contributed by atoms with van der Waals surface area (Å²) < 4.78 is 5.24. The first-order valence-corrected chi connectivity index (χ1v) is 7.76. The third-order valence-corrected chi connectivity index (χ3v) is 3.04. The molecule has 120 valence electrons. The van der Waals surface area contributed by atoms with E-state index in [-0.39, 0.29) is 6.61 Å². The van der Waals surface area contributed by atoms with E-state index >= 15 is 0 Å². The van der Waals surface area contributed by atoms with Crippen molar-refractivity contribution < 1.29 is 9.84 Å². The van der Waals surface area contributed by atoms with Crippen molar-refractivity contribution in [3.63, 3.8) is 0 Å². The normalized spacial score (nSPS) is 10.7. The molecule has 0 aliphatic heterocycles. The molecule has 0 bridgehead atoms. The van der Waals surface area contributed by atoms with Gasteiger partial charge in [0.25, 0.3) is 0 Å². The predicted molar refractivity (Wildman–Crippen MR) is 85.9 cm³/mol. The Morgan fingerprint density at radius 1 is 1.05 bits per heavy atom. The maximum atomic E-state index is 8.63. The van der Waals surface area contributed by atoms with Gasteiger partial charge in [-0.05, 0) is 19.8 Å². The first-order chi connectivity index (χ1) is 10.2. The summed E-state index contributed by atoms with van der Waals surface area (Å²) in [5.74, 6) is 2.66. The van der Waals surface area contributed by atoms with Gasteiger partial charge in [-0.1, -0.05) is 13.8 Å². The van der Waals surface area contributed by atoms with Gasteiger partial charge in [-0.2, -0.15) is 0 Å². The van der Waals surface area contributed by atoms with Crippen molar-refractivity contribution in [2.24, 2.45) is 0 Å². The number of nitrogens with zero attached hydrogens (tertiary/aromatic N) is 2. The number of hydrogen-bond donors (Lipinski definition) is 3. The molecule has 0 fully saturated rings. The molecule has 0 spiro atoms. The molecule has 0 atom stereocenters. The highest BCUT2D eigenvalue weighted by atomic mass is 16.5. The number of aliphatic hydroxyl groups is 1. The van der Waals surface area contributed by atoms with Crippen molar-refractivity contribution in [1.29, 1.82) is 0 Å². The molecule has 1 aromatic heterocycles. The van der Waals surface area contributed by atoms with Crippen molar-refractivity contribution >= 4 is 11.6 Å². The zero-order valence-electron chi connectivity index (χ0n) is 13.4. The molecule has 0 radical (unpaired) electrons. The average Bonchev–Trinajstić information content (AvgIpc) is 2.50. The van der Waals surface area contributed by atoms with Crippen LogP contribution < -0.4 is 10.6 Å². The lowest BCUT2D eigenvalue weighted by atomic mass is 10.2. The average molecular weight is 296 g/mol. The predicted octanol–water partition coefficient (Wildman–Crippen LogP) is 1.98. The first kappa shape index (κ1) is 17.7. The Labute approximate surface area is 127 Å². The first-order valence-electron chi connectivity index (χ1n) is 7.76. The summed E-state index contributed by atoms with van der Waals surface area (Å²) in [5, 5.41) is 15.3. The van der Waals surface area contributed by atoms with Crippen LogP contribution in [0.25, 0.3) is 0 Å². The summed E-state index contributed by atoms with van der Waals surface area (Å²) in [5.41, 5.74) is 1.05. The smallest absolute Gasteiger partial charge is 0.134 e. The topological polar surface area (TPSA) is 79.3 Å². The molecular formula is C15H28N4O2. The van der Waals surface area contributed by atoms with Crippen LogP contribution in [-0.2, 0) is 11.2 Å². The Kier molecular flexibility index (Phi) is 8.69. The van der Waals surface area contributed by atoms with Gasteiger partial charge in [-0.15, -0.1) is 0 Å². The Balaban J connectivity index is 2.58. The van der Waals surface area contributed by atoms with E-state index in [0.29, 0.717) is 13.2 Å². The van der Waals surface area contributed by atoms with Gasteiger partial charge < -0.3 is 20.5 Å². The summed E-state index contributed by atoms with van der Waals surface area (Å²) in [4.78, 5) is 9.09. The van der Waals surface area contributed by atoms with Crippen molar-refractivity contribution in [2.45, 2.75) is 40.0 Å². The maximum Gasteiger partial charge on any atom is 0.134 e. The third-order valence-electron chi connectivity index (χ3n) is 3.04.